The Hall–Kier alpha value is -1.36. The Balaban J connectivity index is 2.63. The minimum absolute atomic E-state index is 0.361. The van der Waals surface area contributed by atoms with Crippen LogP contribution < -0.4 is 10.2 Å². The molecule has 0 saturated carbocycles. The van der Waals surface area contributed by atoms with Crippen molar-refractivity contribution in [3.05, 3.63) is 12.3 Å². The Labute approximate surface area is 97.5 Å². The number of rotatable bonds is 5. The van der Waals surface area contributed by atoms with Crippen LogP contribution in [0.1, 0.15) is 6.92 Å². The van der Waals surface area contributed by atoms with Crippen LogP contribution in [0.5, 0.6) is 0 Å². The van der Waals surface area contributed by atoms with Crippen LogP contribution in [0.2, 0.25) is 0 Å². The van der Waals surface area contributed by atoms with Crippen LogP contribution in [0.4, 0.5) is 11.8 Å². The Morgan fingerprint density at radius 3 is 2.56 bits per heavy atom. The first-order valence-electron chi connectivity index (χ1n) is 5.40. The third-order valence-corrected chi connectivity index (χ3v) is 2.08. The lowest BCUT2D eigenvalue weighted by Crippen LogP contribution is -2.30. The van der Waals surface area contributed by atoms with Crippen LogP contribution in [0, 0.1) is 0 Å². The van der Waals surface area contributed by atoms with Gasteiger partial charge in [-0.05, 0) is 27.1 Å². The van der Waals surface area contributed by atoms with Crippen molar-refractivity contribution in [1.29, 1.82) is 0 Å². The van der Waals surface area contributed by atoms with Crippen molar-refractivity contribution < 1.29 is 0 Å². The predicted octanol–water partition coefficient (Wildman–Crippen LogP) is 0.905. The van der Waals surface area contributed by atoms with Gasteiger partial charge in [-0.25, -0.2) is 4.98 Å². The fourth-order valence-corrected chi connectivity index (χ4v) is 1.49. The summed E-state index contributed by atoms with van der Waals surface area (Å²) in [4.78, 5) is 12.6. The number of nitrogens with one attached hydrogen (secondary N) is 1. The maximum atomic E-state index is 4.40. The molecule has 0 fully saturated rings. The summed E-state index contributed by atoms with van der Waals surface area (Å²) in [5, 5.41) is 3.35. The van der Waals surface area contributed by atoms with Crippen LogP contribution in [0.15, 0.2) is 12.3 Å². The zero-order chi connectivity index (χ0) is 12.1. The van der Waals surface area contributed by atoms with E-state index in [1.807, 2.05) is 25.1 Å². The van der Waals surface area contributed by atoms with Gasteiger partial charge in [0.05, 0.1) is 0 Å². The summed E-state index contributed by atoms with van der Waals surface area (Å²) >= 11 is 0. The van der Waals surface area contributed by atoms with Crippen LogP contribution in [0.3, 0.4) is 0 Å². The fraction of sp³-hybridized carbons (Fsp3) is 0.636. The molecule has 1 aromatic heterocycles. The molecule has 0 bridgehead atoms. The minimum Gasteiger partial charge on any atom is -0.366 e. The summed E-state index contributed by atoms with van der Waals surface area (Å²) in [5.41, 5.74) is 0. The van der Waals surface area contributed by atoms with Gasteiger partial charge in [-0.1, -0.05) is 0 Å². The SMILES string of the molecule is CC(CN(C)C)Nc1ccnc(N(C)C)n1. The second-order valence-electron chi connectivity index (χ2n) is 4.44. The van der Waals surface area contributed by atoms with Crippen LogP contribution in [-0.2, 0) is 0 Å². The van der Waals surface area contributed by atoms with Crippen LogP contribution in [-0.4, -0.2) is 55.6 Å². The molecule has 90 valence electrons. The van der Waals surface area contributed by atoms with E-state index in [9.17, 15) is 0 Å². The highest BCUT2D eigenvalue weighted by Crippen LogP contribution is 2.09. The molecule has 5 heteroatoms. The lowest BCUT2D eigenvalue weighted by atomic mass is 10.3. The van der Waals surface area contributed by atoms with Crippen LogP contribution in [0.25, 0.3) is 0 Å². The Morgan fingerprint density at radius 2 is 2.00 bits per heavy atom. The molecule has 1 aromatic rings. The van der Waals surface area contributed by atoms with Crippen molar-refractivity contribution in [2.75, 3.05) is 45.0 Å². The smallest absolute Gasteiger partial charge is 0.226 e. The van der Waals surface area contributed by atoms with E-state index in [1.54, 1.807) is 6.20 Å². The zero-order valence-electron chi connectivity index (χ0n) is 10.7. The number of anilines is 2. The van der Waals surface area contributed by atoms with E-state index in [0.717, 1.165) is 18.3 Å². The quantitative estimate of drug-likeness (QED) is 0.803. The average molecular weight is 223 g/mol. The summed E-state index contributed by atoms with van der Waals surface area (Å²) in [5.74, 6) is 1.59. The van der Waals surface area contributed by atoms with E-state index >= 15 is 0 Å². The van der Waals surface area contributed by atoms with Crippen molar-refractivity contribution in [3.63, 3.8) is 0 Å². The highest BCUT2D eigenvalue weighted by molar-refractivity contribution is 5.40. The number of likely N-dealkylation sites (N-methyl/N-ethyl adjacent to an activating group) is 1. The molecular weight excluding hydrogens is 202 g/mol. The molecule has 0 aliphatic carbocycles. The Kier molecular flexibility index (Phi) is 4.49. The molecule has 0 aliphatic rings. The molecule has 0 radical (unpaired) electrons. The highest BCUT2D eigenvalue weighted by atomic mass is 15.2. The molecule has 16 heavy (non-hydrogen) atoms. The van der Waals surface area contributed by atoms with E-state index in [-0.39, 0.29) is 0 Å². The molecule has 0 saturated heterocycles. The maximum absolute atomic E-state index is 4.40. The maximum Gasteiger partial charge on any atom is 0.226 e. The number of hydrogen-bond acceptors (Lipinski definition) is 5. The van der Waals surface area contributed by atoms with Gasteiger partial charge < -0.3 is 15.1 Å². The number of nitrogens with zero attached hydrogens (tertiary/aromatic N) is 4. The average Bonchev–Trinajstić information content (AvgIpc) is 2.16. The summed E-state index contributed by atoms with van der Waals surface area (Å²) in [6, 6.07) is 2.25. The van der Waals surface area contributed by atoms with Gasteiger partial charge in [0.25, 0.3) is 0 Å². The molecule has 5 nitrogen and oxygen atoms in total. The second kappa shape index (κ2) is 5.65. The topological polar surface area (TPSA) is 44.3 Å². The molecule has 1 heterocycles. The van der Waals surface area contributed by atoms with Gasteiger partial charge >= 0.3 is 0 Å². The van der Waals surface area contributed by atoms with Gasteiger partial charge in [-0.15, -0.1) is 0 Å². The number of hydrogen-bond donors (Lipinski definition) is 1. The van der Waals surface area contributed by atoms with E-state index in [1.165, 1.54) is 0 Å². The molecule has 1 rings (SSSR count). The molecule has 1 atom stereocenters. The summed E-state index contributed by atoms with van der Waals surface area (Å²) < 4.78 is 0. The molecule has 1 unspecified atom stereocenters. The van der Waals surface area contributed by atoms with Gasteiger partial charge in [0.1, 0.15) is 5.82 Å². The van der Waals surface area contributed by atoms with Crippen LogP contribution >= 0.6 is 0 Å². The van der Waals surface area contributed by atoms with Gasteiger partial charge in [0, 0.05) is 32.9 Å². The van der Waals surface area contributed by atoms with E-state index in [2.05, 4.69) is 41.2 Å². The minimum atomic E-state index is 0.361. The lowest BCUT2D eigenvalue weighted by Gasteiger charge is -2.19. The van der Waals surface area contributed by atoms with Crippen molar-refractivity contribution in [2.24, 2.45) is 0 Å². The Morgan fingerprint density at radius 1 is 1.31 bits per heavy atom. The highest BCUT2D eigenvalue weighted by Gasteiger charge is 2.05. The third kappa shape index (κ3) is 4.02. The summed E-state index contributed by atoms with van der Waals surface area (Å²) in [6.07, 6.45) is 1.77. The summed E-state index contributed by atoms with van der Waals surface area (Å²) in [7, 11) is 7.98. The predicted molar refractivity (Wildman–Crippen MR) is 68.0 cm³/mol. The van der Waals surface area contributed by atoms with E-state index in [0.29, 0.717) is 6.04 Å². The largest absolute Gasteiger partial charge is 0.366 e. The molecule has 0 aromatic carbocycles. The van der Waals surface area contributed by atoms with Gasteiger partial charge in [0.2, 0.25) is 5.95 Å². The second-order valence-corrected chi connectivity index (χ2v) is 4.44. The summed E-state index contributed by atoms with van der Waals surface area (Å²) in [6.45, 7) is 3.11. The molecular formula is C11H21N5. The third-order valence-electron chi connectivity index (χ3n) is 2.08. The Bertz CT molecular complexity index is 324. The number of aromatic nitrogens is 2. The zero-order valence-corrected chi connectivity index (χ0v) is 10.7. The molecule has 1 N–H and O–H groups in total. The van der Waals surface area contributed by atoms with Gasteiger partial charge in [-0.2, -0.15) is 4.98 Å². The first kappa shape index (κ1) is 12.7. The van der Waals surface area contributed by atoms with Gasteiger partial charge in [-0.3, -0.25) is 0 Å². The lowest BCUT2D eigenvalue weighted by molar-refractivity contribution is 0.392. The van der Waals surface area contributed by atoms with Gasteiger partial charge in [0.15, 0.2) is 0 Å². The first-order valence-corrected chi connectivity index (χ1v) is 5.40. The van der Waals surface area contributed by atoms with Crippen molar-refractivity contribution in [2.45, 2.75) is 13.0 Å². The molecule has 0 aliphatic heterocycles. The molecule has 0 spiro atoms. The first-order chi connectivity index (χ1) is 7.49. The molecule has 0 amide bonds. The standard InChI is InChI=1S/C11H21N5/c1-9(8-15(2)3)13-10-6-7-12-11(14-10)16(4)5/h6-7,9H,8H2,1-5H3,(H,12,13,14). The normalized spacial score (nSPS) is 12.6. The monoisotopic (exact) mass is 223 g/mol. The van der Waals surface area contributed by atoms with E-state index in [4.69, 9.17) is 0 Å². The van der Waals surface area contributed by atoms with Crippen molar-refractivity contribution in [1.82, 2.24) is 14.9 Å². The van der Waals surface area contributed by atoms with Crippen molar-refractivity contribution in [3.8, 4) is 0 Å². The van der Waals surface area contributed by atoms with Crippen molar-refractivity contribution >= 4 is 11.8 Å². The van der Waals surface area contributed by atoms with E-state index < -0.39 is 0 Å². The fourth-order valence-electron chi connectivity index (χ4n) is 1.49.